The molecule has 2 fully saturated rings. The molecule has 1 atom stereocenters. The fraction of sp³-hybridized carbons (Fsp3) is 0.647. The average Bonchev–Trinajstić information content (AvgIpc) is 3.17. The van der Waals surface area contributed by atoms with Gasteiger partial charge in [0.15, 0.2) is 0 Å². The van der Waals surface area contributed by atoms with Crippen molar-refractivity contribution in [3.8, 4) is 0 Å². The van der Waals surface area contributed by atoms with E-state index in [1.165, 1.54) is 0 Å². The van der Waals surface area contributed by atoms with Crippen molar-refractivity contribution in [3.63, 3.8) is 0 Å². The molecule has 2 saturated heterocycles. The molecule has 2 amide bonds. The maximum absolute atomic E-state index is 12.4. The first-order valence-electron chi connectivity index (χ1n) is 8.44. The van der Waals surface area contributed by atoms with Crippen LogP contribution in [0.1, 0.15) is 47.6 Å². The number of likely N-dealkylation sites (tertiary alicyclic amines) is 1. The molecule has 7 heteroatoms. The second-order valence-electron chi connectivity index (χ2n) is 6.55. The first-order valence-corrected chi connectivity index (χ1v) is 8.44. The van der Waals surface area contributed by atoms with Crippen molar-refractivity contribution in [3.05, 3.63) is 23.2 Å². The molecule has 1 unspecified atom stereocenters. The van der Waals surface area contributed by atoms with Crippen LogP contribution in [0, 0.1) is 13.8 Å². The lowest BCUT2D eigenvalue weighted by Gasteiger charge is -2.33. The van der Waals surface area contributed by atoms with Crippen molar-refractivity contribution in [2.45, 2.75) is 51.6 Å². The molecule has 24 heavy (non-hydrogen) atoms. The molecular formula is C17H26ClN3O3. The normalized spacial score (nSPS) is 21.4. The zero-order chi connectivity index (χ0) is 16.4. The van der Waals surface area contributed by atoms with Crippen LogP contribution in [-0.4, -0.2) is 48.4 Å². The predicted octanol–water partition coefficient (Wildman–Crippen LogP) is 1.79. The van der Waals surface area contributed by atoms with E-state index in [0.29, 0.717) is 24.4 Å². The second-order valence-corrected chi connectivity index (χ2v) is 6.55. The topological polar surface area (TPSA) is 74.6 Å². The highest BCUT2D eigenvalue weighted by molar-refractivity contribution is 5.95. The van der Waals surface area contributed by atoms with Crippen LogP contribution in [0.5, 0.6) is 0 Å². The number of rotatable bonds is 3. The molecule has 1 aromatic heterocycles. The van der Waals surface area contributed by atoms with E-state index in [1.807, 2.05) is 11.8 Å². The third-order valence-corrected chi connectivity index (χ3v) is 4.79. The number of hydrogen-bond donors (Lipinski definition) is 2. The molecular weight excluding hydrogens is 330 g/mol. The van der Waals surface area contributed by atoms with Crippen LogP contribution in [0.15, 0.2) is 10.5 Å². The Labute approximate surface area is 148 Å². The zero-order valence-electron chi connectivity index (χ0n) is 14.3. The van der Waals surface area contributed by atoms with E-state index in [0.717, 1.165) is 38.0 Å². The molecule has 2 N–H and O–H groups in total. The smallest absolute Gasteiger partial charge is 0.255 e. The largest absolute Gasteiger partial charge is 0.466 e. The second kappa shape index (κ2) is 8.03. The van der Waals surface area contributed by atoms with E-state index < -0.39 is 0 Å². The number of furan rings is 1. The monoisotopic (exact) mass is 355 g/mol. The van der Waals surface area contributed by atoms with Gasteiger partial charge in [-0.1, -0.05) is 0 Å². The molecule has 2 aliphatic rings. The van der Waals surface area contributed by atoms with Crippen molar-refractivity contribution < 1.29 is 14.0 Å². The van der Waals surface area contributed by atoms with Crippen LogP contribution < -0.4 is 10.6 Å². The van der Waals surface area contributed by atoms with Gasteiger partial charge in [0, 0.05) is 19.1 Å². The minimum Gasteiger partial charge on any atom is -0.466 e. The molecule has 0 aliphatic carbocycles. The third-order valence-electron chi connectivity index (χ3n) is 4.79. The molecule has 1 aromatic rings. The van der Waals surface area contributed by atoms with E-state index in [4.69, 9.17) is 4.42 Å². The minimum atomic E-state index is -0.0819. The van der Waals surface area contributed by atoms with Crippen LogP contribution in [-0.2, 0) is 4.79 Å². The Morgan fingerprint density at radius 1 is 1.25 bits per heavy atom. The van der Waals surface area contributed by atoms with Gasteiger partial charge >= 0.3 is 0 Å². The number of amides is 2. The van der Waals surface area contributed by atoms with E-state index in [9.17, 15) is 9.59 Å². The molecule has 0 spiro atoms. The van der Waals surface area contributed by atoms with Gasteiger partial charge in [-0.3, -0.25) is 9.59 Å². The molecule has 0 saturated carbocycles. The number of aryl methyl sites for hydroxylation is 2. The number of carbonyl (C=O) groups is 2. The molecule has 134 valence electrons. The Balaban J connectivity index is 0.00000208. The Morgan fingerprint density at radius 3 is 2.50 bits per heavy atom. The first kappa shape index (κ1) is 18.8. The Kier molecular flexibility index (Phi) is 6.29. The number of nitrogens with zero attached hydrogens (tertiary/aromatic N) is 1. The molecule has 0 bridgehead atoms. The Hall–Kier alpha value is -1.53. The van der Waals surface area contributed by atoms with Crippen LogP contribution >= 0.6 is 12.4 Å². The SMILES string of the molecule is Cc1cc(C(=O)NC2CCN(C(=O)C3CCCN3)CC2)c(C)o1.Cl. The van der Waals surface area contributed by atoms with E-state index >= 15 is 0 Å². The maximum Gasteiger partial charge on any atom is 0.255 e. The lowest BCUT2D eigenvalue weighted by molar-refractivity contribution is -0.134. The summed E-state index contributed by atoms with van der Waals surface area (Å²) >= 11 is 0. The fourth-order valence-corrected chi connectivity index (χ4v) is 3.48. The van der Waals surface area contributed by atoms with Crippen LogP contribution in [0.3, 0.4) is 0 Å². The quantitative estimate of drug-likeness (QED) is 0.866. The number of carbonyl (C=O) groups excluding carboxylic acids is 2. The summed E-state index contributed by atoms with van der Waals surface area (Å²) in [6, 6.07) is 1.89. The van der Waals surface area contributed by atoms with Crippen LogP contribution in [0.25, 0.3) is 0 Å². The predicted molar refractivity (Wildman–Crippen MR) is 93.5 cm³/mol. The van der Waals surface area contributed by atoms with Gasteiger partial charge in [0.2, 0.25) is 5.91 Å². The maximum atomic E-state index is 12.4. The molecule has 3 rings (SSSR count). The summed E-state index contributed by atoms with van der Waals surface area (Å²) in [4.78, 5) is 26.6. The first-order chi connectivity index (χ1) is 11.0. The molecule has 0 radical (unpaired) electrons. The number of halogens is 1. The van der Waals surface area contributed by atoms with Crippen molar-refractivity contribution in [1.29, 1.82) is 0 Å². The van der Waals surface area contributed by atoms with Crippen molar-refractivity contribution in [2.75, 3.05) is 19.6 Å². The van der Waals surface area contributed by atoms with E-state index in [1.54, 1.807) is 13.0 Å². The Morgan fingerprint density at radius 2 is 1.96 bits per heavy atom. The summed E-state index contributed by atoms with van der Waals surface area (Å²) in [5.74, 6) is 1.53. The summed E-state index contributed by atoms with van der Waals surface area (Å²) in [5, 5.41) is 6.32. The highest BCUT2D eigenvalue weighted by Gasteiger charge is 2.30. The summed E-state index contributed by atoms with van der Waals surface area (Å²) in [5.41, 5.74) is 0.608. The summed E-state index contributed by atoms with van der Waals surface area (Å²) in [7, 11) is 0. The lowest BCUT2D eigenvalue weighted by Crippen LogP contribution is -2.50. The van der Waals surface area contributed by atoms with Crippen LogP contribution in [0.2, 0.25) is 0 Å². The highest BCUT2D eigenvalue weighted by Crippen LogP contribution is 2.17. The average molecular weight is 356 g/mol. The van der Waals surface area contributed by atoms with Crippen molar-refractivity contribution in [2.24, 2.45) is 0 Å². The highest BCUT2D eigenvalue weighted by atomic mass is 35.5. The summed E-state index contributed by atoms with van der Waals surface area (Å²) in [6.45, 7) is 6.01. The summed E-state index contributed by atoms with van der Waals surface area (Å²) < 4.78 is 5.41. The van der Waals surface area contributed by atoms with Gasteiger partial charge in [0.25, 0.3) is 5.91 Å². The Bertz CT molecular complexity index is 588. The summed E-state index contributed by atoms with van der Waals surface area (Å²) in [6.07, 6.45) is 3.63. The lowest BCUT2D eigenvalue weighted by atomic mass is 10.0. The number of nitrogens with one attached hydrogen (secondary N) is 2. The van der Waals surface area contributed by atoms with Gasteiger partial charge in [-0.15, -0.1) is 12.4 Å². The molecule has 0 aromatic carbocycles. The molecule has 2 aliphatic heterocycles. The minimum absolute atomic E-state index is 0. The van der Waals surface area contributed by atoms with Gasteiger partial charge < -0.3 is 20.0 Å². The van der Waals surface area contributed by atoms with Gasteiger partial charge in [0.05, 0.1) is 11.6 Å². The zero-order valence-corrected chi connectivity index (χ0v) is 15.1. The van der Waals surface area contributed by atoms with Crippen LogP contribution in [0.4, 0.5) is 0 Å². The van der Waals surface area contributed by atoms with Gasteiger partial charge in [-0.05, 0) is 52.1 Å². The molecule has 3 heterocycles. The number of piperidine rings is 1. The molecule has 6 nitrogen and oxygen atoms in total. The third kappa shape index (κ3) is 4.11. The van der Waals surface area contributed by atoms with Crippen molar-refractivity contribution in [1.82, 2.24) is 15.5 Å². The van der Waals surface area contributed by atoms with E-state index in [2.05, 4.69) is 10.6 Å². The fourth-order valence-electron chi connectivity index (χ4n) is 3.48. The van der Waals surface area contributed by atoms with Gasteiger partial charge in [0.1, 0.15) is 11.5 Å². The standard InChI is InChI=1S/C17H25N3O3.ClH/c1-11-10-14(12(2)23-11)16(21)19-13-5-8-20(9-6-13)17(22)15-4-3-7-18-15;/h10,13,15,18H,3-9H2,1-2H3,(H,19,21);1H. The van der Waals surface area contributed by atoms with Gasteiger partial charge in [-0.2, -0.15) is 0 Å². The van der Waals surface area contributed by atoms with E-state index in [-0.39, 0.29) is 36.3 Å². The van der Waals surface area contributed by atoms with Crippen molar-refractivity contribution >= 4 is 24.2 Å². The number of hydrogen-bond acceptors (Lipinski definition) is 4. The van der Waals surface area contributed by atoms with Gasteiger partial charge in [-0.25, -0.2) is 0 Å².